The minimum absolute atomic E-state index is 0.0421. The second kappa shape index (κ2) is 6.30. The lowest BCUT2D eigenvalue weighted by Gasteiger charge is -2.14. The first kappa shape index (κ1) is 15.9. The zero-order valence-electron chi connectivity index (χ0n) is 9.42. The molecule has 0 radical (unpaired) electrons. The Bertz CT molecular complexity index is 477. The van der Waals surface area contributed by atoms with Crippen molar-refractivity contribution < 1.29 is 22.4 Å². The molecule has 0 saturated carbocycles. The molecule has 1 aromatic rings. The van der Waals surface area contributed by atoms with Crippen LogP contribution in [0, 0.1) is 3.70 Å². The Labute approximate surface area is 119 Å². The smallest absolute Gasteiger partial charge is 0.326 e. The molecule has 0 aliphatic carbocycles. The highest BCUT2D eigenvalue weighted by atomic mass is 127. The number of nitrogens with zero attached hydrogens (tertiary/aromatic N) is 3. The molecule has 0 saturated heterocycles. The average molecular weight is 392 g/mol. The number of amides is 1. The van der Waals surface area contributed by atoms with Crippen LogP contribution in [-0.2, 0) is 6.54 Å². The summed E-state index contributed by atoms with van der Waals surface area (Å²) in [6.07, 6.45) is -2.40. The fraction of sp³-hybridized carbons (Fsp3) is 0.444. The Morgan fingerprint density at radius 3 is 2.74 bits per heavy atom. The van der Waals surface area contributed by atoms with Crippen molar-refractivity contribution in [1.82, 2.24) is 20.3 Å². The van der Waals surface area contributed by atoms with Gasteiger partial charge in [-0.15, -0.1) is 11.7 Å². The summed E-state index contributed by atoms with van der Waals surface area (Å²) < 4.78 is 50.4. The SMILES string of the molecule is C=CCNC(=O)c1nnn(CC(F)(F)C(F)F)c1I. The maximum Gasteiger partial charge on any atom is 0.326 e. The van der Waals surface area contributed by atoms with E-state index in [2.05, 4.69) is 22.2 Å². The average Bonchev–Trinajstić information content (AvgIpc) is 2.67. The third-order valence-electron chi connectivity index (χ3n) is 1.98. The number of rotatable bonds is 6. The number of aromatic nitrogens is 3. The minimum Gasteiger partial charge on any atom is -0.347 e. The van der Waals surface area contributed by atoms with Gasteiger partial charge in [-0.2, -0.15) is 8.78 Å². The van der Waals surface area contributed by atoms with Gasteiger partial charge in [0.15, 0.2) is 5.69 Å². The quantitative estimate of drug-likeness (QED) is 0.456. The molecule has 0 unspecified atom stereocenters. The number of alkyl halides is 4. The van der Waals surface area contributed by atoms with Crippen LogP contribution in [0.1, 0.15) is 10.5 Å². The van der Waals surface area contributed by atoms with Crippen molar-refractivity contribution in [3.05, 3.63) is 22.0 Å². The molecule has 19 heavy (non-hydrogen) atoms. The molecular formula is C9H9F4IN4O. The van der Waals surface area contributed by atoms with Gasteiger partial charge in [-0.05, 0) is 22.6 Å². The first-order valence-corrected chi connectivity index (χ1v) is 6.01. The largest absolute Gasteiger partial charge is 0.347 e. The van der Waals surface area contributed by atoms with Gasteiger partial charge in [0.25, 0.3) is 5.91 Å². The highest BCUT2D eigenvalue weighted by molar-refractivity contribution is 14.1. The van der Waals surface area contributed by atoms with E-state index < -0.39 is 24.8 Å². The van der Waals surface area contributed by atoms with Crippen LogP contribution in [0.25, 0.3) is 0 Å². The third kappa shape index (κ3) is 3.88. The normalized spacial score (nSPS) is 11.7. The van der Waals surface area contributed by atoms with E-state index in [9.17, 15) is 22.4 Å². The summed E-state index contributed by atoms with van der Waals surface area (Å²) in [6.45, 7) is 2.20. The maximum atomic E-state index is 12.9. The first-order chi connectivity index (χ1) is 8.79. The fourth-order valence-electron chi connectivity index (χ4n) is 1.06. The van der Waals surface area contributed by atoms with Crippen LogP contribution in [0.5, 0.6) is 0 Å². The monoisotopic (exact) mass is 392 g/mol. The van der Waals surface area contributed by atoms with Crippen molar-refractivity contribution in [2.24, 2.45) is 0 Å². The van der Waals surface area contributed by atoms with Gasteiger partial charge in [-0.3, -0.25) is 4.79 Å². The van der Waals surface area contributed by atoms with Gasteiger partial charge in [0.05, 0.1) is 0 Å². The van der Waals surface area contributed by atoms with Crippen molar-refractivity contribution in [2.75, 3.05) is 6.54 Å². The molecule has 0 fully saturated rings. The Hall–Kier alpha value is -1.20. The van der Waals surface area contributed by atoms with E-state index in [0.29, 0.717) is 4.68 Å². The van der Waals surface area contributed by atoms with Gasteiger partial charge in [-0.1, -0.05) is 11.3 Å². The van der Waals surface area contributed by atoms with Gasteiger partial charge in [-0.25, -0.2) is 13.5 Å². The number of nitrogens with one attached hydrogen (secondary N) is 1. The summed E-state index contributed by atoms with van der Waals surface area (Å²) in [5, 5.41) is 9.04. The standard InChI is InChI=1S/C9H9F4IN4O/c1-2-3-15-7(19)5-6(14)18(17-16-5)4-9(12,13)8(10)11/h2,8H,1,3-4H2,(H,15,19). The van der Waals surface area contributed by atoms with Crippen LogP contribution in [0.2, 0.25) is 0 Å². The highest BCUT2D eigenvalue weighted by Crippen LogP contribution is 2.25. The van der Waals surface area contributed by atoms with E-state index in [4.69, 9.17) is 0 Å². The maximum absolute atomic E-state index is 12.9. The topological polar surface area (TPSA) is 59.8 Å². The molecule has 0 aromatic carbocycles. The molecule has 0 aliphatic rings. The van der Waals surface area contributed by atoms with Crippen LogP contribution in [0.4, 0.5) is 17.6 Å². The summed E-state index contributed by atoms with van der Waals surface area (Å²) in [5.41, 5.74) is -0.201. The molecule has 0 aliphatic heterocycles. The van der Waals surface area contributed by atoms with Gasteiger partial charge in [0.2, 0.25) is 0 Å². The van der Waals surface area contributed by atoms with Crippen LogP contribution in [0.3, 0.4) is 0 Å². The van der Waals surface area contributed by atoms with Crippen molar-refractivity contribution in [3.8, 4) is 0 Å². The fourth-order valence-corrected chi connectivity index (χ4v) is 1.68. The Morgan fingerprint density at radius 2 is 2.21 bits per heavy atom. The zero-order valence-corrected chi connectivity index (χ0v) is 11.6. The molecule has 1 N–H and O–H groups in total. The molecular weight excluding hydrogens is 383 g/mol. The van der Waals surface area contributed by atoms with Gasteiger partial charge >= 0.3 is 12.3 Å². The van der Waals surface area contributed by atoms with Gasteiger partial charge in [0.1, 0.15) is 10.2 Å². The summed E-state index contributed by atoms with van der Waals surface area (Å²) in [5.74, 6) is -4.88. The van der Waals surface area contributed by atoms with Crippen LogP contribution in [0.15, 0.2) is 12.7 Å². The van der Waals surface area contributed by atoms with Crippen molar-refractivity contribution in [1.29, 1.82) is 0 Å². The molecule has 1 aromatic heterocycles. The predicted molar refractivity (Wildman–Crippen MR) is 66.2 cm³/mol. The Kier molecular flexibility index (Phi) is 5.26. The summed E-state index contributed by atoms with van der Waals surface area (Å²) in [6, 6.07) is 0. The number of carbonyl (C=O) groups excluding carboxylic acids is 1. The molecule has 0 atom stereocenters. The van der Waals surface area contributed by atoms with Gasteiger partial charge < -0.3 is 5.32 Å². The van der Waals surface area contributed by atoms with E-state index >= 15 is 0 Å². The molecule has 0 spiro atoms. The minimum atomic E-state index is -4.23. The van der Waals surface area contributed by atoms with Crippen molar-refractivity contribution in [3.63, 3.8) is 0 Å². The second-order valence-corrected chi connectivity index (χ2v) is 4.47. The van der Waals surface area contributed by atoms with E-state index in [0.717, 1.165) is 0 Å². The van der Waals surface area contributed by atoms with Crippen LogP contribution < -0.4 is 5.32 Å². The van der Waals surface area contributed by atoms with E-state index in [-0.39, 0.29) is 15.9 Å². The van der Waals surface area contributed by atoms with Gasteiger partial charge in [0, 0.05) is 6.54 Å². The molecule has 0 bridgehead atoms. The lowest BCUT2D eigenvalue weighted by molar-refractivity contribution is -0.139. The molecule has 1 rings (SSSR count). The van der Waals surface area contributed by atoms with E-state index in [1.54, 1.807) is 0 Å². The third-order valence-corrected chi connectivity index (χ3v) is 3.04. The van der Waals surface area contributed by atoms with E-state index in [1.807, 2.05) is 0 Å². The highest BCUT2D eigenvalue weighted by Gasteiger charge is 2.42. The second-order valence-electron chi connectivity index (χ2n) is 3.45. The summed E-state index contributed by atoms with van der Waals surface area (Å²) in [7, 11) is 0. The zero-order chi connectivity index (χ0) is 14.6. The Balaban J connectivity index is 2.87. The van der Waals surface area contributed by atoms with Crippen molar-refractivity contribution in [2.45, 2.75) is 18.9 Å². The number of halogens is 5. The summed E-state index contributed by atoms with van der Waals surface area (Å²) >= 11 is 1.54. The lowest BCUT2D eigenvalue weighted by atomic mass is 10.3. The number of hydrogen-bond donors (Lipinski definition) is 1. The van der Waals surface area contributed by atoms with Crippen LogP contribution >= 0.6 is 22.6 Å². The van der Waals surface area contributed by atoms with E-state index in [1.165, 1.54) is 28.7 Å². The number of carbonyl (C=O) groups is 1. The summed E-state index contributed by atoms with van der Waals surface area (Å²) in [4.78, 5) is 11.5. The van der Waals surface area contributed by atoms with Crippen LogP contribution in [-0.4, -0.2) is 39.8 Å². The van der Waals surface area contributed by atoms with Crippen molar-refractivity contribution >= 4 is 28.5 Å². The predicted octanol–water partition coefficient (Wildman–Crippen LogP) is 1.70. The molecule has 5 nitrogen and oxygen atoms in total. The molecule has 1 amide bonds. The lowest BCUT2D eigenvalue weighted by Crippen LogP contribution is -2.33. The molecule has 106 valence electrons. The molecule has 1 heterocycles. The first-order valence-electron chi connectivity index (χ1n) is 4.93. The number of hydrogen-bond acceptors (Lipinski definition) is 3. The Morgan fingerprint density at radius 1 is 1.58 bits per heavy atom. The molecule has 10 heteroatoms.